The highest BCUT2D eigenvalue weighted by atomic mass is 79.9. The highest BCUT2D eigenvalue weighted by Gasteiger charge is 2.04. The lowest BCUT2D eigenvalue weighted by Crippen LogP contribution is -2.08. The SMILES string of the molecule is CC(C)Oc1ncc(Br)c(Cl)n1. The fraction of sp³-hybridized carbons (Fsp3) is 0.429. The van der Waals surface area contributed by atoms with Gasteiger partial charge in [-0.15, -0.1) is 0 Å². The second-order valence-corrected chi connectivity index (χ2v) is 3.67. The Hall–Kier alpha value is -0.350. The van der Waals surface area contributed by atoms with Crippen LogP contribution in [-0.4, -0.2) is 16.1 Å². The molecule has 0 amide bonds. The Bertz CT molecular complexity index is 280. The van der Waals surface area contributed by atoms with E-state index in [1.54, 1.807) is 6.20 Å². The van der Waals surface area contributed by atoms with E-state index in [4.69, 9.17) is 16.3 Å². The van der Waals surface area contributed by atoms with Crippen LogP contribution in [0.3, 0.4) is 0 Å². The van der Waals surface area contributed by atoms with E-state index in [0.29, 0.717) is 15.6 Å². The molecule has 0 saturated heterocycles. The number of nitrogens with zero attached hydrogens (tertiary/aromatic N) is 2. The van der Waals surface area contributed by atoms with Gasteiger partial charge in [-0.05, 0) is 29.8 Å². The zero-order chi connectivity index (χ0) is 9.14. The second-order valence-electron chi connectivity index (χ2n) is 2.46. The Morgan fingerprint density at radius 3 is 2.75 bits per heavy atom. The topological polar surface area (TPSA) is 35.0 Å². The van der Waals surface area contributed by atoms with Crippen LogP contribution in [0.1, 0.15) is 13.8 Å². The van der Waals surface area contributed by atoms with Gasteiger partial charge in [-0.25, -0.2) is 4.98 Å². The third kappa shape index (κ3) is 2.60. The molecule has 0 aliphatic carbocycles. The second kappa shape index (κ2) is 4.05. The molecule has 1 heterocycles. The molecule has 0 bridgehead atoms. The number of hydrogen-bond acceptors (Lipinski definition) is 3. The monoisotopic (exact) mass is 250 g/mol. The van der Waals surface area contributed by atoms with Crippen LogP contribution < -0.4 is 4.74 Å². The van der Waals surface area contributed by atoms with E-state index in [1.807, 2.05) is 13.8 Å². The lowest BCUT2D eigenvalue weighted by atomic mass is 10.5. The molecule has 1 rings (SSSR count). The molecule has 0 aromatic carbocycles. The van der Waals surface area contributed by atoms with Gasteiger partial charge in [0, 0.05) is 6.20 Å². The van der Waals surface area contributed by atoms with Crippen molar-refractivity contribution in [2.75, 3.05) is 0 Å². The standard InChI is InChI=1S/C7H8BrClN2O/c1-4(2)12-7-10-3-5(8)6(9)11-7/h3-4H,1-2H3. The van der Waals surface area contributed by atoms with Crippen molar-refractivity contribution >= 4 is 27.5 Å². The van der Waals surface area contributed by atoms with Gasteiger partial charge >= 0.3 is 6.01 Å². The molecule has 66 valence electrons. The zero-order valence-corrected chi connectivity index (χ0v) is 9.06. The van der Waals surface area contributed by atoms with Gasteiger partial charge < -0.3 is 4.74 Å². The van der Waals surface area contributed by atoms with Gasteiger partial charge in [0.15, 0.2) is 5.15 Å². The molecule has 1 aromatic heterocycles. The fourth-order valence-electron chi connectivity index (χ4n) is 0.599. The van der Waals surface area contributed by atoms with Crippen molar-refractivity contribution in [3.05, 3.63) is 15.8 Å². The van der Waals surface area contributed by atoms with E-state index in [9.17, 15) is 0 Å². The number of halogens is 2. The highest BCUT2D eigenvalue weighted by molar-refractivity contribution is 9.10. The predicted molar refractivity (Wildman–Crippen MR) is 50.5 cm³/mol. The van der Waals surface area contributed by atoms with Crippen molar-refractivity contribution < 1.29 is 4.74 Å². The quantitative estimate of drug-likeness (QED) is 0.758. The molecule has 12 heavy (non-hydrogen) atoms. The number of hydrogen-bond donors (Lipinski definition) is 0. The van der Waals surface area contributed by atoms with E-state index in [1.165, 1.54) is 0 Å². The van der Waals surface area contributed by atoms with Gasteiger partial charge in [0.05, 0.1) is 10.6 Å². The van der Waals surface area contributed by atoms with Crippen molar-refractivity contribution in [2.45, 2.75) is 20.0 Å². The van der Waals surface area contributed by atoms with Crippen molar-refractivity contribution in [3.63, 3.8) is 0 Å². The van der Waals surface area contributed by atoms with Crippen LogP contribution in [0.4, 0.5) is 0 Å². The average Bonchev–Trinajstić information content (AvgIpc) is 1.96. The summed E-state index contributed by atoms with van der Waals surface area (Å²) in [7, 11) is 0. The Labute approximate surface area is 84.2 Å². The summed E-state index contributed by atoms with van der Waals surface area (Å²) in [4.78, 5) is 7.81. The van der Waals surface area contributed by atoms with Crippen molar-refractivity contribution in [1.29, 1.82) is 0 Å². The Morgan fingerprint density at radius 1 is 1.58 bits per heavy atom. The molecule has 0 saturated carbocycles. The van der Waals surface area contributed by atoms with E-state index < -0.39 is 0 Å². The van der Waals surface area contributed by atoms with Gasteiger partial charge in [0.1, 0.15) is 0 Å². The van der Waals surface area contributed by atoms with Crippen LogP contribution in [0.25, 0.3) is 0 Å². The third-order valence-electron chi connectivity index (χ3n) is 1.02. The Morgan fingerprint density at radius 2 is 2.25 bits per heavy atom. The van der Waals surface area contributed by atoms with E-state index in [-0.39, 0.29) is 6.10 Å². The molecular weight excluding hydrogens is 243 g/mol. The summed E-state index contributed by atoms with van der Waals surface area (Å²) in [6, 6.07) is 0.304. The predicted octanol–water partition coefficient (Wildman–Crippen LogP) is 2.68. The van der Waals surface area contributed by atoms with Gasteiger partial charge in [-0.3, -0.25) is 0 Å². The minimum Gasteiger partial charge on any atom is -0.461 e. The molecule has 0 radical (unpaired) electrons. The minimum absolute atomic E-state index is 0.0576. The maximum atomic E-state index is 5.72. The van der Waals surface area contributed by atoms with Crippen LogP contribution in [0.15, 0.2) is 10.7 Å². The van der Waals surface area contributed by atoms with Crippen LogP contribution in [0.5, 0.6) is 6.01 Å². The molecule has 0 aliphatic rings. The normalized spacial score (nSPS) is 10.4. The first-order valence-electron chi connectivity index (χ1n) is 3.44. The van der Waals surface area contributed by atoms with Crippen molar-refractivity contribution in [2.24, 2.45) is 0 Å². The van der Waals surface area contributed by atoms with E-state index in [2.05, 4.69) is 25.9 Å². The van der Waals surface area contributed by atoms with Crippen molar-refractivity contribution in [1.82, 2.24) is 9.97 Å². The van der Waals surface area contributed by atoms with Crippen molar-refractivity contribution in [3.8, 4) is 6.01 Å². The zero-order valence-electron chi connectivity index (χ0n) is 6.71. The molecule has 0 atom stereocenters. The fourth-order valence-corrected chi connectivity index (χ4v) is 0.911. The van der Waals surface area contributed by atoms with Gasteiger partial charge in [-0.2, -0.15) is 4.98 Å². The largest absolute Gasteiger partial charge is 0.461 e. The van der Waals surface area contributed by atoms with Crippen LogP contribution in [0, 0.1) is 0 Å². The summed E-state index contributed by atoms with van der Waals surface area (Å²) in [6.07, 6.45) is 1.62. The smallest absolute Gasteiger partial charge is 0.318 e. The van der Waals surface area contributed by atoms with Gasteiger partial charge in [-0.1, -0.05) is 11.6 Å². The average molecular weight is 252 g/mol. The Kier molecular flexibility index (Phi) is 3.29. The summed E-state index contributed by atoms with van der Waals surface area (Å²) in [5.41, 5.74) is 0. The van der Waals surface area contributed by atoms with Crippen LogP contribution in [-0.2, 0) is 0 Å². The summed E-state index contributed by atoms with van der Waals surface area (Å²) in [5, 5.41) is 0.362. The first-order chi connectivity index (χ1) is 5.59. The first-order valence-corrected chi connectivity index (χ1v) is 4.61. The molecule has 0 unspecified atom stereocenters. The molecule has 0 N–H and O–H groups in total. The Balaban J connectivity index is 2.82. The lowest BCUT2D eigenvalue weighted by molar-refractivity contribution is 0.222. The van der Waals surface area contributed by atoms with Gasteiger partial charge in [0.25, 0.3) is 0 Å². The summed E-state index contributed by atoms with van der Waals surface area (Å²) in [5.74, 6) is 0. The summed E-state index contributed by atoms with van der Waals surface area (Å²) < 4.78 is 5.89. The van der Waals surface area contributed by atoms with E-state index in [0.717, 1.165) is 0 Å². The number of rotatable bonds is 2. The molecule has 3 nitrogen and oxygen atoms in total. The maximum absolute atomic E-state index is 5.72. The molecule has 5 heteroatoms. The van der Waals surface area contributed by atoms with Gasteiger partial charge in [0.2, 0.25) is 0 Å². The van der Waals surface area contributed by atoms with Crippen LogP contribution >= 0.6 is 27.5 Å². The molecular formula is C7H8BrClN2O. The first kappa shape index (κ1) is 9.74. The molecule has 0 spiro atoms. The van der Waals surface area contributed by atoms with E-state index >= 15 is 0 Å². The third-order valence-corrected chi connectivity index (χ3v) is 2.12. The molecule has 1 aromatic rings. The molecule has 0 fully saturated rings. The summed E-state index contributed by atoms with van der Waals surface area (Å²) >= 11 is 8.90. The summed E-state index contributed by atoms with van der Waals surface area (Å²) in [6.45, 7) is 3.80. The van der Waals surface area contributed by atoms with Crippen LogP contribution in [0.2, 0.25) is 5.15 Å². The number of ether oxygens (including phenoxy) is 1. The number of aromatic nitrogens is 2. The maximum Gasteiger partial charge on any atom is 0.318 e. The minimum atomic E-state index is 0.0576. The lowest BCUT2D eigenvalue weighted by Gasteiger charge is -2.06. The highest BCUT2D eigenvalue weighted by Crippen LogP contribution is 2.20. The molecule has 0 aliphatic heterocycles.